The molecule has 30 heavy (non-hydrogen) atoms. The molecule has 1 aromatic heterocycles. The van der Waals surface area contributed by atoms with Crippen molar-refractivity contribution in [3.63, 3.8) is 0 Å². The van der Waals surface area contributed by atoms with E-state index in [-0.39, 0.29) is 4.90 Å². The standard InChI is InChI=1S/C21H19ClN4O3S/c1-2-16-5-6-18(12-20(16)22)26-30(28,29)19-9-7-17(8-10-19)25-21(27)24-14-15-4-3-11-23-13-15/h2-13,26H,1,14H2,(H2,24,25,27). The van der Waals surface area contributed by atoms with E-state index in [2.05, 4.69) is 26.9 Å². The van der Waals surface area contributed by atoms with Gasteiger partial charge in [0, 0.05) is 29.6 Å². The lowest BCUT2D eigenvalue weighted by atomic mass is 10.2. The van der Waals surface area contributed by atoms with E-state index in [4.69, 9.17) is 11.6 Å². The Balaban J connectivity index is 1.61. The number of nitrogens with one attached hydrogen (secondary N) is 3. The predicted octanol–water partition coefficient (Wildman–Crippen LogP) is 4.50. The zero-order valence-corrected chi connectivity index (χ0v) is 17.4. The number of aromatic nitrogens is 1. The molecule has 2 amide bonds. The van der Waals surface area contributed by atoms with Gasteiger partial charge in [0.25, 0.3) is 10.0 Å². The molecule has 0 saturated heterocycles. The Labute approximate surface area is 179 Å². The lowest BCUT2D eigenvalue weighted by molar-refractivity contribution is 0.251. The molecular weight excluding hydrogens is 424 g/mol. The normalized spacial score (nSPS) is 10.8. The molecule has 0 aliphatic carbocycles. The van der Waals surface area contributed by atoms with Crippen molar-refractivity contribution in [1.82, 2.24) is 10.3 Å². The predicted molar refractivity (Wildman–Crippen MR) is 119 cm³/mol. The van der Waals surface area contributed by atoms with Gasteiger partial charge in [0.2, 0.25) is 0 Å². The summed E-state index contributed by atoms with van der Waals surface area (Å²) in [4.78, 5) is 16.0. The first-order chi connectivity index (χ1) is 14.4. The second kappa shape index (κ2) is 9.43. The van der Waals surface area contributed by atoms with E-state index in [0.717, 1.165) is 5.56 Å². The van der Waals surface area contributed by atoms with Crippen molar-refractivity contribution in [3.8, 4) is 0 Å². The minimum absolute atomic E-state index is 0.0488. The Kier molecular flexibility index (Phi) is 6.71. The molecule has 0 atom stereocenters. The number of pyridine rings is 1. The Morgan fingerprint density at radius 3 is 2.47 bits per heavy atom. The first kappa shape index (κ1) is 21.4. The second-order valence-electron chi connectivity index (χ2n) is 6.24. The Morgan fingerprint density at radius 2 is 1.83 bits per heavy atom. The highest BCUT2D eigenvalue weighted by molar-refractivity contribution is 7.92. The van der Waals surface area contributed by atoms with Gasteiger partial charge >= 0.3 is 6.03 Å². The minimum atomic E-state index is -3.81. The number of sulfonamides is 1. The highest BCUT2D eigenvalue weighted by Gasteiger charge is 2.15. The van der Waals surface area contributed by atoms with Crippen molar-refractivity contribution in [2.45, 2.75) is 11.4 Å². The number of hydrogen-bond acceptors (Lipinski definition) is 4. The van der Waals surface area contributed by atoms with Crippen LogP contribution in [-0.2, 0) is 16.6 Å². The second-order valence-corrected chi connectivity index (χ2v) is 8.33. The first-order valence-electron chi connectivity index (χ1n) is 8.86. The molecule has 0 bridgehead atoms. The number of benzene rings is 2. The van der Waals surface area contributed by atoms with Crippen LogP contribution in [-0.4, -0.2) is 19.4 Å². The van der Waals surface area contributed by atoms with Crippen LogP contribution < -0.4 is 15.4 Å². The molecule has 3 aromatic rings. The zero-order valence-electron chi connectivity index (χ0n) is 15.8. The van der Waals surface area contributed by atoms with Gasteiger partial charge in [0.1, 0.15) is 0 Å². The largest absolute Gasteiger partial charge is 0.334 e. The maximum Gasteiger partial charge on any atom is 0.319 e. The summed E-state index contributed by atoms with van der Waals surface area (Å²) in [5, 5.41) is 5.74. The van der Waals surface area contributed by atoms with Gasteiger partial charge < -0.3 is 10.6 Å². The highest BCUT2D eigenvalue weighted by Crippen LogP contribution is 2.24. The third kappa shape index (κ3) is 5.59. The van der Waals surface area contributed by atoms with Crippen LogP contribution >= 0.6 is 11.6 Å². The Hall–Kier alpha value is -3.36. The summed E-state index contributed by atoms with van der Waals surface area (Å²) in [7, 11) is -3.81. The lowest BCUT2D eigenvalue weighted by Gasteiger charge is -2.11. The van der Waals surface area contributed by atoms with E-state index >= 15 is 0 Å². The van der Waals surface area contributed by atoms with Gasteiger partial charge in [-0.1, -0.05) is 36.4 Å². The molecule has 0 unspecified atom stereocenters. The molecule has 0 spiro atoms. The number of rotatable bonds is 7. The van der Waals surface area contributed by atoms with Crippen molar-refractivity contribution >= 4 is 45.1 Å². The molecule has 3 rings (SSSR count). The molecule has 2 aromatic carbocycles. The molecule has 0 aliphatic rings. The van der Waals surface area contributed by atoms with E-state index in [1.807, 2.05) is 6.07 Å². The smallest absolute Gasteiger partial charge is 0.319 e. The monoisotopic (exact) mass is 442 g/mol. The average Bonchev–Trinajstić information content (AvgIpc) is 2.73. The Bertz CT molecular complexity index is 1150. The average molecular weight is 443 g/mol. The third-order valence-electron chi connectivity index (χ3n) is 4.07. The number of carbonyl (C=O) groups is 1. The number of halogens is 1. The number of hydrogen-bond donors (Lipinski definition) is 3. The molecule has 154 valence electrons. The van der Waals surface area contributed by atoms with Gasteiger partial charge in [-0.15, -0.1) is 0 Å². The molecule has 1 heterocycles. The number of carbonyl (C=O) groups excluding carboxylic acids is 1. The SMILES string of the molecule is C=Cc1ccc(NS(=O)(=O)c2ccc(NC(=O)NCc3cccnc3)cc2)cc1Cl. The topological polar surface area (TPSA) is 100 Å². The van der Waals surface area contributed by atoms with Gasteiger partial charge in [0.05, 0.1) is 10.6 Å². The summed E-state index contributed by atoms with van der Waals surface area (Å²) in [6.07, 6.45) is 4.89. The van der Waals surface area contributed by atoms with Crippen LogP contribution in [0, 0.1) is 0 Å². The van der Waals surface area contributed by atoms with E-state index in [1.54, 1.807) is 36.7 Å². The summed E-state index contributed by atoms with van der Waals surface area (Å²) in [6.45, 7) is 3.96. The van der Waals surface area contributed by atoms with E-state index in [0.29, 0.717) is 28.5 Å². The van der Waals surface area contributed by atoms with Crippen LogP contribution in [0.25, 0.3) is 6.08 Å². The van der Waals surface area contributed by atoms with Crippen LogP contribution in [0.5, 0.6) is 0 Å². The van der Waals surface area contributed by atoms with Crippen molar-refractivity contribution in [3.05, 3.63) is 89.7 Å². The van der Waals surface area contributed by atoms with Gasteiger partial charge in [0.15, 0.2) is 0 Å². The molecule has 0 radical (unpaired) electrons. The third-order valence-corrected chi connectivity index (χ3v) is 5.80. The summed E-state index contributed by atoms with van der Waals surface area (Å²) in [5.74, 6) is 0. The van der Waals surface area contributed by atoms with Crippen LogP contribution in [0.15, 0.2) is 78.5 Å². The van der Waals surface area contributed by atoms with Gasteiger partial charge in [-0.25, -0.2) is 13.2 Å². The molecule has 0 fully saturated rings. The van der Waals surface area contributed by atoms with Gasteiger partial charge in [-0.3, -0.25) is 9.71 Å². The molecule has 0 aliphatic heterocycles. The summed E-state index contributed by atoms with van der Waals surface area (Å²) in [6, 6.07) is 13.8. The van der Waals surface area contributed by atoms with Gasteiger partial charge in [-0.2, -0.15) is 0 Å². The summed E-state index contributed by atoms with van der Waals surface area (Å²) < 4.78 is 27.6. The number of urea groups is 1. The fraction of sp³-hybridized carbons (Fsp3) is 0.0476. The zero-order chi connectivity index (χ0) is 21.6. The van der Waals surface area contributed by atoms with E-state index in [9.17, 15) is 13.2 Å². The maximum atomic E-state index is 12.6. The number of nitrogens with zero attached hydrogens (tertiary/aromatic N) is 1. The van der Waals surface area contributed by atoms with Crippen molar-refractivity contribution in [1.29, 1.82) is 0 Å². The maximum absolute atomic E-state index is 12.6. The quantitative estimate of drug-likeness (QED) is 0.501. The highest BCUT2D eigenvalue weighted by atomic mass is 35.5. The molecular formula is C21H19ClN4O3S. The summed E-state index contributed by atoms with van der Waals surface area (Å²) in [5.41, 5.74) is 2.36. The number of amides is 2. The van der Waals surface area contributed by atoms with Crippen molar-refractivity contribution < 1.29 is 13.2 Å². The molecule has 0 saturated carbocycles. The molecule has 9 heteroatoms. The van der Waals surface area contributed by atoms with E-state index in [1.165, 1.54) is 30.3 Å². The van der Waals surface area contributed by atoms with Crippen LogP contribution in [0.1, 0.15) is 11.1 Å². The Morgan fingerprint density at radius 1 is 1.10 bits per heavy atom. The number of anilines is 2. The fourth-order valence-electron chi connectivity index (χ4n) is 2.55. The van der Waals surface area contributed by atoms with Crippen molar-refractivity contribution in [2.75, 3.05) is 10.0 Å². The van der Waals surface area contributed by atoms with Crippen LogP contribution in [0.3, 0.4) is 0 Å². The molecule has 7 nitrogen and oxygen atoms in total. The summed E-state index contributed by atoms with van der Waals surface area (Å²) >= 11 is 6.08. The van der Waals surface area contributed by atoms with Crippen molar-refractivity contribution in [2.24, 2.45) is 0 Å². The van der Waals surface area contributed by atoms with E-state index < -0.39 is 16.1 Å². The molecule has 3 N–H and O–H groups in total. The van der Waals surface area contributed by atoms with Crippen LogP contribution in [0.2, 0.25) is 5.02 Å². The lowest BCUT2D eigenvalue weighted by Crippen LogP contribution is -2.28. The van der Waals surface area contributed by atoms with Crippen LogP contribution in [0.4, 0.5) is 16.2 Å². The first-order valence-corrected chi connectivity index (χ1v) is 10.7. The minimum Gasteiger partial charge on any atom is -0.334 e. The fourth-order valence-corrected chi connectivity index (χ4v) is 3.86. The van der Waals surface area contributed by atoms with Gasteiger partial charge in [-0.05, 0) is 53.6 Å².